The van der Waals surface area contributed by atoms with E-state index in [9.17, 15) is 9.90 Å². The average molecular weight is 350 g/mol. The van der Waals surface area contributed by atoms with Crippen molar-refractivity contribution in [3.05, 3.63) is 29.8 Å². The quantitative estimate of drug-likeness (QED) is 0.508. The molecule has 0 amide bonds. The van der Waals surface area contributed by atoms with Crippen molar-refractivity contribution in [2.75, 3.05) is 46.6 Å². The molecule has 1 aromatic carbocycles. The third kappa shape index (κ3) is 8.15. The lowest BCUT2D eigenvalue weighted by atomic mass is 10.2. The molecule has 0 bridgehead atoms. The number of hydrogen-bond acceptors (Lipinski definition) is 7. The van der Waals surface area contributed by atoms with Crippen LogP contribution in [0.1, 0.15) is 10.4 Å². The summed E-state index contributed by atoms with van der Waals surface area (Å²) in [6.07, 6.45) is -0.751. The molecule has 1 unspecified atom stereocenters. The van der Waals surface area contributed by atoms with E-state index in [1.807, 2.05) is 0 Å². The molecule has 7 nitrogen and oxygen atoms in total. The lowest BCUT2D eigenvalue weighted by molar-refractivity contribution is 0.0549. The highest BCUT2D eigenvalue weighted by atomic mass is 35.5. The summed E-state index contributed by atoms with van der Waals surface area (Å²) in [4.78, 5) is 13.0. The Bertz CT molecular complexity index is 436. The zero-order valence-electron chi connectivity index (χ0n) is 13.1. The normalized spacial score (nSPS) is 11.7. The van der Waals surface area contributed by atoms with Crippen LogP contribution in [0.3, 0.4) is 0 Å². The lowest BCUT2D eigenvalue weighted by Crippen LogP contribution is -2.38. The van der Waals surface area contributed by atoms with Gasteiger partial charge in [0.05, 0.1) is 25.9 Å². The Morgan fingerprint density at radius 2 is 1.74 bits per heavy atom. The minimum Gasteiger partial charge on any atom is -0.491 e. The summed E-state index contributed by atoms with van der Waals surface area (Å²) in [5, 5.41) is 27.7. The zero-order valence-corrected chi connectivity index (χ0v) is 13.9. The minimum atomic E-state index is -0.751. The molecule has 3 N–H and O–H groups in total. The molecular formula is C15H24ClNO6. The second-order valence-electron chi connectivity index (χ2n) is 4.73. The van der Waals surface area contributed by atoms with Crippen molar-refractivity contribution in [2.45, 2.75) is 6.10 Å². The minimum absolute atomic E-state index is 0. The highest BCUT2D eigenvalue weighted by Gasteiger charge is 2.12. The largest absolute Gasteiger partial charge is 0.491 e. The van der Waals surface area contributed by atoms with Crippen LogP contribution in [-0.4, -0.2) is 78.9 Å². The predicted octanol–water partition coefficient (Wildman–Crippen LogP) is -0.0787. The van der Waals surface area contributed by atoms with Gasteiger partial charge < -0.3 is 24.8 Å². The van der Waals surface area contributed by atoms with Crippen molar-refractivity contribution >= 4 is 18.4 Å². The maximum Gasteiger partial charge on any atom is 0.337 e. The Morgan fingerprint density at radius 3 is 2.22 bits per heavy atom. The van der Waals surface area contributed by atoms with Crippen LogP contribution in [0.2, 0.25) is 0 Å². The van der Waals surface area contributed by atoms with Gasteiger partial charge in [-0.1, -0.05) is 0 Å². The molecule has 0 heterocycles. The third-order valence-electron chi connectivity index (χ3n) is 3.02. The summed E-state index contributed by atoms with van der Waals surface area (Å²) < 4.78 is 10.0. The number of carbonyl (C=O) groups is 1. The second kappa shape index (κ2) is 12.1. The van der Waals surface area contributed by atoms with E-state index in [1.165, 1.54) is 7.11 Å². The highest BCUT2D eigenvalue weighted by Crippen LogP contribution is 2.13. The van der Waals surface area contributed by atoms with Crippen LogP contribution in [-0.2, 0) is 4.74 Å². The monoisotopic (exact) mass is 349 g/mol. The van der Waals surface area contributed by atoms with Gasteiger partial charge >= 0.3 is 5.97 Å². The van der Waals surface area contributed by atoms with Crippen molar-refractivity contribution in [3.8, 4) is 5.75 Å². The number of methoxy groups -OCH3 is 1. The van der Waals surface area contributed by atoms with E-state index in [4.69, 9.17) is 14.9 Å². The van der Waals surface area contributed by atoms with E-state index >= 15 is 0 Å². The summed E-state index contributed by atoms with van der Waals surface area (Å²) in [5.74, 6) is 0.109. The van der Waals surface area contributed by atoms with Crippen LogP contribution in [0.4, 0.5) is 0 Å². The summed E-state index contributed by atoms with van der Waals surface area (Å²) >= 11 is 0. The highest BCUT2D eigenvalue weighted by molar-refractivity contribution is 5.89. The SMILES string of the molecule is COC(=O)c1ccc(OCC(O)CN(CCO)CCO)cc1.Cl. The molecule has 132 valence electrons. The van der Waals surface area contributed by atoms with Gasteiger partial charge in [-0.15, -0.1) is 12.4 Å². The molecule has 1 aromatic rings. The fourth-order valence-corrected chi connectivity index (χ4v) is 1.93. The van der Waals surface area contributed by atoms with Gasteiger partial charge in [0, 0.05) is 19.6 Å². The number of halogens is 1. The van der Waals surface area contributed by atoms with Gasteiger partial charge in [0.15, 0.2) is 0 Å². The van der Waals surface area contributed by atoms with Crippen molar-refractivity contribution in [2.24, 2.45) is 0 Å². The number of benzene rings is 1. The summed E-state index contributed by atoms with van der Waals surface area (Å²) in [6.45, 7) is 1.05. The molecule has 0 radical (unpaired) electrons. The van der Waals surface area contributed by atoms with Gasteiger partial charge in [0.25, 0.3) is 0 Å². The van der Waals surface area contributed by atoms with Crippen LogP contribution < -0.4 is 4.74 Å². The van der Waals surface area contributed by atoms with Crippen molar-refractivity contribution in [1.29, 1.82) is 0 Å². The molecular weight excluding hydrogens is 326 g/mol. The number of hydrogen-bond donors (Lipinski definition) is 3. The van der Waals surface area contributed by atoms with Crippen LogP contribution in [0, 0.1) is 0 Å². The first kappa shape index (κ1) is 21.6. The number of ether oxygens (including phenoxy) is 2. The number of rotatable bonds is 10. The predicted molar refractivity (Wildman–Crippen MR) is 87.1 cm³/mol. The van der Waals surface area contributed by atoms with Crippen LogP contribution in [0.5, 0.6) is 5.75 Å². The first-order valence-electron chi connectivity index (χ1n) is 7.04. The Balaban J connectivity index is 0.00000484. The van der Waals surface area contributed by atoms with Gasteiger partial charge in [0.1, 0.15) is 18.5 Å². The third-order valence-corrected chi connectivity index (χ3v) is 3.02. The van der Waals surface area contributed by atoms with E-state index < -0.39 is 12.1 Å². The Hall–Kier alpha value is -1.38. The summed E-state index contributed by atoms with van der Waals surface area (Å²) in [7, 11) is 1.31. The summed E-state index contributed by atoms with van der Waals surface area (Å²) in [5.41, 5.74) is 0.424. The number of esters is 1. The number of aliphatic hydroxyl groups excluding tert-OH is 3. The number of nitrogens with zero attached hydrogens (tertiary/aromatic N) is 1. The van der Waals surface area contributed by atoms with Crippen molar-refractivity contribution in [1.82, 2.24) is 4.90 Å². The first-order valence-corrected chi connectivity index (χ1v) is 7.04. The smallest absolute Gasteiger partial charge is 0.337 e. The topological polar surface area (TPSA) is 99.5 Å². The molecule has 8 heteroatoms. The van der Waals surface area contributed by atoms with E-state index in [2.05, 4.69) is 4.74 Å². The number of carbonyl (C=O) groups excluding carboxylic acids is 1. The van der Waals surface area contributed by atoms with Gasteiger partial charge in [-0.25, -0.2) is 4.79 Å². The maximum atomic E-state index is 11.3. The molecule has 0 aromatic heterocycles. The van der Waals surface area contributed by atoms with Crippen molar-refractivity contribution in [3.63, 3.8) is 0 Å². The fraction of sp³-hybridized carbons (Fsp3) is 0.533. The molecule has 1 rings (SSSR count). The van der Waals surface area contributed by atoms with E-state index in [0.29, 0.717) is 30.9 Å². The van der Waals surface area contributed by atoms with Gasteiger partial charge in [-0.05, 0) is 24.3 Å². The molecule has 0 saturated heterocycles. The standard InChI is InChI=1S/C15H23NO6.ClH/c1-21-15(20)12-2-4-14(5-3-12)22-11-13(19)10-16(6-8-17)7-9-18;/h2-5,13,17-19H,6-11H2,1H3;1H. The number of aliphatic hydroxyl groups is 3. The molecule has 0 saturated carbocycles. The van der Waals surface area contributed by atoms with Gasteiger partial charge in [-0.3, -0.25) is 4.90 Å². The first-order chi connectivity index (χ1) is 10.6. The van der Waals surface area contributed by atoms with E-state index in [-0.39, 0.29) is 32.2 Å². The van der Waals surface area contributed by atoms with Crippen LogP contribution >= 0.6 is 12.4 Å². The Morgan fingerprint density at radius 1 is 1.17 bits per heavy atom. The van der Waals surface area contributed by atoms with Crippen LogP contribution in [0.25, 0.3) is 0 Å². The summed E-state index contributed by atoms with van der Waals surface area (Å²) in [6, 6.07) is 6.41. The molecule has 1 atom stereocenters. The lowest BCUT2D eigenvalue weighted by Gasteiger charge is -2.23. The zero-order chi connectivity index (χ0) is 16.4. The van der Waals surface area contributed by atoms with E-state index in [0.717, 1.165) is 0 Å². The Kier molecular flexibility index (Phi) is 11.4. The molecule has 0 aliphatic carbocycles. The average Bonchev–Trinajstić information content (AvgIpc) is 2.53. The molecule has 0 aliphatic heterocycles. The molecule has 0 spiro atoms. The van der Waals surface area contributed by atoms with Crippen molar-refractivity contribution < 1.29 is 29.6 Å². The van der Waals surface area contributed by atoms with Gasteiger partial charge in [-0.2, -0.15) is 0 Å². The molecule has 23 heavy (non-hydrogen) atoms. The maximum absolute atomic E-state index is 11.3. The van der Waals surface area contributed by atoms with Crippen LogP contribution in [0.15, 0.2) is 24.3 Å². The Labute approximate surface area is 141 Å². The molecule has 0 fully saturated rings. The fourth-order valence-electron chi connectivity index (χ4n) is 1.93. The molecule has 0 aliphatic rings. The second-order valence-corrected chi connectivity index (χ2v) is 4.73. The van der Waals surface area contributed by atoms with E-state index in [1.54, 1.807) is 29.2 Å². The van der Waals surface area contributed by atoms with Gasteiger partial charge in [0.2, 0.25) is 0 Å².